The molecule has 0 aliphatic rings. The van der Waals surface area contributed by atoms with E-state index in [-0.39, 0.29) is 19.4 Å². The first kappa shape index (κ1) is 46.2. The van der Waals surface area contributed by atoms with Crippen molar-refractivity contribution < 1.29 is 37.9 Å². The van der Waals surface area contributed by atoms with Gasteiger partial charge in [-0.1, -0.05) is 117 Å². The zero-order valence-electron chi connectivity index (χ0n) is 30.6. The zero-order valence-corrected chi connectivity index (χ0v) is 31.5. The van der Waals surface area contributed by atoms with Crippen molar-refractivity contribution in [2.75, 3.05) is 13.2 Å². The van der Waals surface area contributed by atoms with Crippen LogP contribution in [0.15, 0.2) is 0 Å². The first-order chi connectivity index (χ1) is 23.3. The van der Waals surface area contributed by atoms with Crippen molar-refractivity contribution in [2.24, 2.45) is 0 Å². The highest BCUT2D eigenvalue weighted by atomic mass is 31.2. The largest absolute Gasteiger partial charge is 0.469 e. The molecule has 0 fully saturated rings. The van der Waals surface area contributed by atoms with Crippen molar-refractivity contribution in [1.82, 2.24) is 0 Å². The quantitative estimate of drug-likeness (QED) is 0.0309. The van der Waals surface area contributed by atoms with E-state index in [9.17, 15) is 14.2 Å². The van der Waals surface area contributed by atoms with Crippen LogP contribution in [0.3, 0.4) is 0 Å². The fourth-order valence-corrected chi connectivity index (χ4v) is 5.54. The molecule has 0 aliphatic heterocycles. The van der Waals surface area contributed by atoms with Crippen LogP contribution in [0.1, 0.15) is 194 Å². The van der Waals surface area contributed by atoms with Crippen molar-refractivity contribution >= 4 is 19.8 Å². The number of unbranched alkanes of at least 4 members (excludes halogenated alkanes) is 22. The van der Waals surface area contributed by atoms with Crippen LogP contribution in [0, 0.1) is 23.7 Å². The molecule has 0 heterocycles. The Morgan fingerprint density at radius 2 is 0.917 bits per heavy atom. The Bertz CT molecular complexity index is 939. The molecule has 0 amide bonds. The number of hydrogen-bond acceptors (Lipinski definition) is 6. The van der Waals surface area contributed by atoms with Crippen molar-refractivity contribution in [3.05, 3.63) is 0 Å². The second kappa shape index (κ2) is 35.0. The number of ether oxygens (including phenoxy) is 2. The molecule has 0 saturated heterocycles. The van der Waals surface area contributed by atoms with Gasteiger partial charge in [-0.3, -0.25) is 14.1 Å². The van der Waals surface area contributed by atoms with Gasteiger partial charge in [0.2, 0.25) is 0 Å². The lowest BCUT2D eigenvalue weighted by Crippen LogP contribution is -2.29. The normalized spacial score (nSPS) is 11.7. The molecule has 0 spiro atoms. The van der Waals surface area contributed by atoms with Gasteiger partial charge < -0.3 is 19.3 Å². The number of hydrogen-bond donors (Lipinski definition) is 2. The first-order valence-corrected chi connectivity index (χ1v) is 20.8. The predicted molar refractivity (Wildman–Crippen MR) is 195 cm³/mol. The fraction of sp³-hybridized carbons (Fsp3) is 0.846. The molecule has 0 saturated carbocycles. The second-order valence-corrected chi connectivity index (χ2v) is 14.1. The van der Waals surface area contributed by atoms with E-state index in [1.165, 1.54) is 77.0 Å². The Balaban J connectivity index is 3.96. The maximum atomic E-state index is 12.4. The van der Waals surface area contributed by atoms with Crippen LogP contribution in [-0.4, -0.2) is 41.0 Å². The highest BCUT2D eigenvalue weighted by Gasteiger charge is 2.22. The van der Waals surface area contributed by atoms with Gasteiger partial charge in [-0.2, -0.15) is 0 Å². The van der Waals surface area contributed by atoms with Gasteiger partial charge in [0.25, 0.3) is 0 Å². The maximum Gasteiger partial charge on any atom is 0.469 e. The number of phosphoric ester groups is 1. The van der Waals surface area contributed by atoms with Gasteiger partial charge in [-0.05, 0) is 38.5 Å². The minimum atomic E-state index is -4.76. The van der Waals surface area contributed by atoms with Gasteiger partial charge in [0, 0.05) is 38.5 Å². The number of esters is 2. The molecule has 8 nitrogen and oxygen atoms in total. The summed E-state index contributed by atoms with van der Waals surface area (Å²) >= 11 is 0. The summed E-state index contributed by atoms with van der Waals surface area (Å²) in [6, 6.07) is 0. The van der Waals surface area contributed by atoms with E-state index in [4.69, 9.17) is 19.3 Å². The summed E-state index contributed by atoms with van der Waals surface area (Å²) in [7, 11) is -4.76. The molecule has 278 valence electrons. The lowest BCUT2D eigenvalue weighted by atomic mass is 10.1. The SMILES string of the molecule is CCCC#CCCCCCCCCCCCCC(=O)OC[C@H](COP(=O)(O)O)OC(=O)CCCCCCCC#CCCCCCCCC. The van der Waals surface area contributed by atoms with E-state index in [2.05, 4.69) is 42.1 Å². The molecule has 0 aromatic carbocycles. The lowest BCUT2D eigenvalue weighted by Gasteiger charge is -2.18. The molecule has 0 rings (SSSR count). The van der Waals surface area contributed by atoms with Gasteiger partial charge in [0.05, 0.1) is 6.61 Å². The van der Waals surface area contributed by atoms with Gasteiger partial charge in [0.1, 0.15) is 6.61 Å². The minimum absolute atomic E-state index is 0.187. The topological polar surface area (TPSA) is 119 Å². The Labute approximate surface area is 293 Å². The third kappa shape index (κ3) is 37.0. The Kier molecular flexibility index (Phi) is 33.7. The van der Waals surface area contributed by atoms with E-state index in [0.717, 1.165) is 77.0 Å². The predicted octanol–water partition coefficient (Wildman–Crippen LogP) is 10.5. The number of rotatable bonds is 32. The van der Waals surface area contributed by atoms with Crippen LogP contribution < -0.4 is 0 Å². The molecule has 0 aromatic rings. The van der Waals surface area contributed by atoms with Crippen LogP contribution >= 0.6 is 7.82 Å². The third-order valence-corrected chi connectivity index (χ3v) is 8.54. The average molecular weight is 697 g/mol. The molecular weight excluding hydrogens is 627 g/mol. The monoisotopic (exact) mass is 696 g/mol. The smallest absolute Gasteiger partial charge is 0.462 e. The minimum Gasteiger partial charge on any atom is -0.462 e. The summed E-state index contributed by atoms with van der Waals surface area (Å²) in [5.74, 6) is 12.1. The van der Waals surface area contributed by atoms with Gasteiger partial charge >= 0.3 is 19.8 Å². The Morgan fingerprint density at radius 3 is 1.35 bits per heavy atom. The Morgan fingerprint density at radius 1 is 0.521 bits per heavy atom. The van der Waals surface area contributed by atoms with E-state index >= 15 is 0 Å². The van der Waals surface area contributed by atoms with Crippen LogP contribution in [0.5, 0.6) is 0 Å². The van der Waals surface area contributed by atoms with E-state index in [0.29, 0.717) is 12.8 Å². The highest BCUT2D eigenvalue weighted by Crippen LogP contribution is 2.36. The van der Waals surface area contributed by atoms with Crippen LogP contribution in [0.4, 0.5) is 0 Å². The summed E-state index contributed by atoms with van der Waals surface area (Å²) in [5.41, 5.74) is 0. The summed E-state index contributed by atoms with van der Waals surface area (Å²) in [6.07, 6.45) is 28.1. The maximum absolute atomic E-state index is 12.4. The molecule has 0 bridgehead atoms. The van der Waals surface area contributed by atoms with Gasteiger partial charge in [-0.25, -0.2) is 4.57 Å². The van der Waals surface area contributed by atoms with Crippen LogP contribution in [0.2, 0.25) is 0 Å². The summed E-state index contributed by atoms with van der Waals surface area (Å²) < 4.78 is 26.3. The molecular formula is C39H69O8P. The molecule has 48 heavy (non-hydrogen) atoms. The third-order valence-electron chi connectivity index (χ3n) is 8.05. The molecule has 1 atom stereocenters. The molecule has 9 heteroatoms. The molecule has 2 N–H and O–H groups in total. The fourth-order valence-electron chi connectivity index (χ4n) is 5.18. The van der Waals surface area contributed by atoms with Crippen molar-refractivity contribution in [3.8, 4) is 23.7 Å². The van der Waals surface area contributed by atoms with Crippen LogP contribution in [0.25, 0.3) is 0 Å². The van der Waals surface area contributed by atoms with Gasteiger partial charge in [0.15, 0.2) is 6.10 Å². The highest BCUT2D eigenvalue weighted by molar-refractivity contribution is 7.46. The summed E-state index contributed by atoms with van der Waals surface area (Å²) in [5, 5.41) is 0. The van der Waals surface area contributed by atoms with Crippen molar-refractivity contribution in [2.45, 2.75) is 200 Å². The van der Waals surface area contributed by atoms with E-state index < -0.39 is 32.5 Å². The number of phosphoric acid groups is 1. The van der Waals surface area contributed by atoms with E-state index in [1.807, 2.05) is 0 Å². The van der Waals surface area contributed by atoms with Gasteiger partial charge in [-0.15, -0.1) is 23.7 Å². The standard InChI is InChI=1S/C39H69O8P/c1-3-5-7-9-11-13-15-17-19-21-23-25-27-29-31-33-38(40)45-35-37(36-46-48(42,43)44)47-39(41)34-32-30-28-26-24-22-20-18-16-14-12-10-8-6-4-2/h37H,3-6,8,10-17,19,21-36H2,1-2H3,(H2,42,43,44)/t37-/m1/s1. The molecule has 0 aromatic heterocycles. The van der Waals surface area contributed by atoms with E-state index in [1.54, 1.807) is 0 Å². The molecule has 0 aliphatic carbocycles. The lowest BCUT2D eigenvalue weighted by molar-refractivity contribution is -0.161. The molecule has 0 radical (unpaired) electrons. The number of carbonyl (C=O) groups excluding carboxylic acids is 2. The first-order valence-electron chi connectivity index (χ1n) is 19.2. The molecule has 0 unspecified atom stereocenters. The van der Waals surface area contributed by atoms with Crippen molar-refractivity contribution in [1.29, 1.82) is 0 Å². The summed E-state index contributed by atoms with van der Waals surface area (Å²) in [6.45, 7) is 3.54. The van der Waals surface area contributed by atoms with Crippen molar-refractivity contribution in [3.63, 3.8) is 0 Å². The average Bonchev–Trinajstić information content (AvgIpc) is 3.05. The number of carbonyl (C=O) groups is 2. The van der Waals surface area contributed by atoms with Crippen LogP contribution in [-0.2, 0) is 28.2 Å². The second-order valence-electron chi connectivity index (χ2n) is 12.9. The summed E-state index contributed by atoms with van der Waals surface area (Å²) in [4.78, 5) is 42.7. The Hall–Kier alpha value is -1.83. The zero-order chi connectivity index (χ0) is 35.4.